The molecule has 1 aliphatic carbocycles. The molecular formula is C17H23N3O4. The number of amides is 1. The van der Waals surface area contributed by atoms with Crippen molar-refractivity contribution < 1.29 is 19.5 Å². The molecular weight excluding hydrogens is 310 g/mol. The van der Waals surface area contributed by atoms with Crippen molar-refractivity contribution in [3.63, 3.8) is 0 Å². The van der Waals surface area contributed by atoms with Gasteiger partial charge in [0.1, 0.15) is 0 Å². The van der Waals surface area contributed by atoms with E-state index in [0.717, 1.165) is 24.1 Å². The first-order chi connectivity index (χ1) is 11.3. The first kappa shape index (κ1) is 17.9. The molecule has 1 aromatic rings. The fraction of sp³-hybridized carbons (Fsp3) is 0.529. The summed E-state index contributed by atoms with van der Waals surface area (Å²) < 4.78 is 0. The molecule has 1 aromatic heterocycles. The van der Waals surface area contributed by atoms with Gasteiger partial charge in [0.15, 0.2) is 0 Å². The number of carboxylic acid groups (broad SMARTS) is 1. The minimum atomic E-state index is -1.36. The van der Waals surface area contributed by atoms with Crippen LogP contribution >= 0.6 is 0 Å². The van der Waals surface area contributed by atoms with E-state index in [9.17, 15) is 9.59 Å². The van der Waals surface area contributed by atoms with Gasteiger partial charge in [0, 0.05) is 25.4 Å². The van der Waals surface area contributed by atoms with Gasteiger partial charge in [0.05, 0.1) is 11.3 Å². The Labute approximate surface area is 141 Å². The molecule has 2 unspecified atom stereocenters. The van der Waals surface area contributed by atoms with Crippen LogP contribution in [-0.4, -0.2) is 40.3 Å². The van der Waals surface area contributed by atoms with Gasteiger partial charge in [0.2, 0.25) is 5.60 Å². The number of oxime groups is 1. The molecule has 7 heteroatoms. The SMILES string of the molecule is CNC(=O)c1cncc(C2CCC2/C(C)=N/OC(C)(C)C(=O)O)c1. The Kier molecular flexibility index (Phi) is 5.21. The van der Waals surface area contributed by atoms with Crippen molar-refractivity contribution in [3.8, 4) is 0 Å². The van der Waals surface area contributed by atoms with Crippen LogP contribution in [0.5, 0.6) is 0 Å². The van der Waals surface area contributed by atoms with E-state index in [1.165, 1.54) is 20.0 Å². The normalized spacial score (nSPS) is 20.9. The molecule has 1 heterocycles. The summed E-state index contributed by atoms with van der Waals surface area (Å²) in [6, 6.07) is 1.85. The van der Waals surface area contributed by atoms with Gasteiger partial charge in [-0.2, -0.15) is 0 Å². The number of rotatable bonds is 6. The Bertz CT molecular complexity index is 670. The van der Waals surface area contributed by atoms with Crippen LogP contribution in [0.25, 0.3) is 0 Å². The first-order valence-electron chi connectivity index (χ1n) is 7.89. The van der Waals surface area contributed by atoms with Crippen molar-refractivity contribution in [2.45, 2.75) is 45.1 Å². The predicted molar refractivity (Wildman–Crippen MR) is 89.0 cm³/mol. The van der Waals surface area contributed by atoms with E-state index in [1.807, 2.05) is 13.0 Å². The summed E-state index contributed by atoms with van der Waals surface area (Å²) >= 11 is 0. The van der Waals surface area contributed by atoms with Crippen molar-refractivity contribution in [3.05, 3.63) is 29.6 Å². The highest BCUT2D eigenvalue weighted by molar-refractivity contribution is 5.94. The minimum absolute atomic E-state index is 0.163. The fourth-order valence-corrected chi connectivity index (χ4v) is 2.62. The average molecular weight is 333 g/mol. The Balaban J connectivity index is 2.12. The molecule has 2 rings (SSSR count). The molecule has 1 aliphatic rings. The Hall–Kier alpha value is -2.44. The molecule has 24 heavy (non-hydrogen) atoms. The largest absolute Gasteiger partial charge is 0.478 e. The average Bonchev–Trinajstić information content (AvgIpc) is 2.51. The molecule has 0 bridgehead atoms. The third-order valence-electron chi connectivity index (χ3n) is 4.42. The van der Waals surface area contributed by atoms with Gasteiger partial charge in [-0.15, -0.1) is 0 Å². The number of nitrogens with zero attached hydrogens (tertiary/aromatic N) is 2. The fourth-order valence-electron chi connectivity index (χ4n) is 2.62. The summed E-state index contributed by atoms with van der Waals surface area (Å²) in [5.74, 6) is -0.859. The third-order valence-corrected chi connectivity index (χ3v) is 4.42. The number of nitrogens with one attached hydrogen (secondary N) is 1. The molecule has 1 fully saturated rings. The molecule has 2 atom stereocenters. The predicted octanol–water partition coefficient (Wildman–Crippen LogP) is 2.19. The number of hydrogen-bond acceptors (Lipinski definition) is 5. The Morgan fingerprint density at radius 1 is 1.38 bits per heavy atom. The molecule has 0 spiro atoms. The maximum Gasteiger partial charge on any atom is 0.350 e. The number of carboxylic acids is 1. The summed E-state index contributed by atoms with van der Waals surface area (Å²) in [6.45, 7) is 4.76. The minimum Gasteiger partial charge on any atom is -0.478 e. The number of hydrogen-bond donors (Lipinski definition) is 2. The second-order valence-corrected chi connectivity index (χ2v) is 6.52. The summed E-state index contributed by atoms with van der Waals surface area (Å²) in [5.41, 5.74) is 0.907. The van der Waals surface area contributed by atoms with Crippen molar-refractivity contribution in [1.29, 1.82) is 0 Å². The quantitative estimate of drug-likeness (QED) is 0.614. The zero-order valence-corrected chi connectivity index (χ0v) is 14.4. The van der Waals surface area contributed by atoms with Crippen LogP contribution in [-0.2, 0) is 9.63 Å². The second kappa shape index (κ2) is 6.98. The van der Waals surface area contributed by atoms with Gasteiger partial charge >= 0.3 is 5.97 Å². The van der Waals surface area contributed by atoms with E-state index in [1.54, 1.807) is 13.2 Å². The maximum absolute atomic E-state index is 11.7. The summed E-state index contributed by atoms with van der Waals surface area (Å²) in [5, 5.41) is 15.7. The molecule has 1 amide bonds. The number of pyridine rings is 1. The smallest absolute Gasteiger partial charge is 0.350 e. The number of carbonyl (C=O) groups excluding carboxylic acids is 1. The summed E-state index contributed by atoms with van der Waals surface area (Å²) in [7, 11) is 1.58. The van der Waals surface area contributed by atoms with E-state index in [0.29, 0.717) is 5.56 Å². The molecule has 0 radical (unpaired) electrons. The van der Waals surface area contributed by atoms with Gasteiger partial charge in [0.25, 0.3) is 5.91 Å². The van der Waals surface area contributed by atoms with Crippen molar-refractivity contribution in [1.82, 2.24) is 10.3 Å². The van der Waals surface area contributed by atoms with Gasteiger partial charge in [-0.25, -0.2) is 4.79 Å². The molecule has 2 N–H and O–H groups in total. The number of aromatic nitrogens is 1. The van der Waals surface area contributed by atoms with Gasteiger partial charge < -0.3 is 15.3 Å². The summed E-state index contributed by atoms with van der Waals surface area (Å²) in [6.07, 6.45) is 5.22. The van der Waals surface area contributed by atoms with Crippen LogP contribution in [0.15, 0.2) is 23.6 Å². The van der Waals surface area contributed by atoms with Crippen LogP contribution in [0, 0.1) is 5.92 Å². The van der Waals surface area contributed by atoms with Crippen LogP contribution in [0.4, 0.5) is 0 Å². The van der Waals surface area contributed by atoms with Crippen LogP contribution in [0.2, 0.25) is 0 Å². The number of carbonyl (C=O) groups is 2. The van der Waals surface area contributed by atoms with E-state index >= 15 is 0 Å². The molecule has 7 nitrogen and oxygen atoms in total. The molecule has 0 saturated heterocycles. The standard InChI is InChI=1S/C17H23N3O4/c1-10(20-24-17(2,3)16(22)23)13-5-6-14(13)11-7-12(9-19-8-11)15(21)18-4/h7-9,13-14H,5-6H2,1-4H3,(H,18,21)(H,22,23)/b20-10+. The monoisotopic (exact) mass is 333 g/mol. The Morgan fingerprint density at radius 3 is 2.62 bits per heavy atom. The lowest BCUT2D eigenvalue weighted by atomic mass is 9.68. The molecule has 1 saturated carbocycles. The Morgan fingerprint density at radius 2 is 2.08 bits per heavy atom. The van der Waals surface area contributed by atoms with Crippen LogP contribution < -0.4 is 5.32 Å². The molecule has 0 aromatic carbocycles. The highest BCUT2D eigenvalue weighted by Crippen LogP contribution is 2.43. The first-order valence-corrected chi connectivity index (χ1v) is 7.89. The van der Waals surface area contributed by atoms with Crippen LogP contribution in [0.3, 0.4) is 0 Å². The lowest BCUT2D eigenvalue weighted by Crippen LogP contribution is -2.35. The van der Waals surface area contributed by atoms with Crippen molar-refractivity contribution >= 4 is 17.6 Å². The van der Waals surface area contributed by atoms with Gasteiger partial charge in [-0.05, 0) is 51.2 Å². The molecule has 130 valence electrons. The van der Waals surface area contributed by atoms with E-state index in [4.69, 9.17) is 9.94 Å². The maximum atomic E-state index is 11.7. The van der Waals surface area contributed by atoms with E-state index in [-0.39, 0.29) is 17.7 Å². The third kappa shape index (κ3) is 3.72. The zero-order chi connectivity index (χ0) is 17.9. The lowest BCUT2D eigenvalue weighted by molar-refractivity contribution is -0.161. The molecule has 0 aliphatic heterocycles. The van der Waals surface area contributed by atoms with Crippen LogP contribution in [0.1, 0.15) is 55.5 Å². The van der Waals surface area contributed by atoms with Crippen molar-refractivity contribution in [2.75, 3.05) is 7.05 Å². The van der Waals surface area contributed by atoms with Crippen molar-refractivity contribution in [2.24, 2.45) is 11.1 Å². The lowest BCUT2D eigenvalue weighted by Gasteiger charge is -2.36. The number of aliphatic carboxylic acids is 1. The van der Waals surface area contributed by atoms with E-state index in [2.05, 4.69) is 15.5 Å². The highest BCUT2D eigenvalue weighted by atomic mass is 16.7. The second-order valence-electron chi connectivity index (χ2n) is 6.52. The van der Waals surface area contributed by atoms with Gasteiger partial charge in [-0.3, -0.25) is 9.78 Å². The van der Waals surface area contributed by atoms with Gasteiger partial charge in [-0.1, -0.05) is 5.16 Å². The topological polar surface area (TPSA) is 101 Å². The van der Waals surface area contributed by atoms with E-state index < -0.39 is 11.6 Å². The summed E-state index contributed by atoms with van der Waals surface area (Å²) in [4.78, 5) is 32.1. The highest BCUT2D eigenvalue weighted by Gasteiger charge is 2.36. The zero-order valence-electron chi connectivity index (χ0n) is 14.4.